The average Bonchev–Trinajstić information content (AvgIpc) is 3.13. The minimum Gasteiger partial charge on any atom is -0.424 e. The third kappa shape index (κ3) is 5.71. The Balaban J connectivity index is 1.71. The standard InChI is InChI=1S/C22H26ClN3O3/c1-3-10-26(11-12-28-4-2)21(27)17-8-9-20-19(14-17)25-22(29-20)24-15-16-6-5-7-18(23)13-16/h5-9,13-14H,3-4,10-12,15H2,1-2H3,(H,24,25). The second-order valence-corrected chi connectivity index (χ2v) is 7.11. The highest BCUT2D eigenvalue weighted by molar-refractivity contribution is 6.30. The number of oxazole rings is 1. The summed E-state index contributed by atoms with van der Waals surface area (Å²) >= 11 is 6.02. The first kappa shape index (κ1) is 21.1. The number of hydrogen-bond acceptors (Lipinski definition) is 5. The zero-order chi connectivity index (χ0) is 20.6. The van der Waals surface area contributed by atoms with Crippen LogP contribution in [0.1, 0.15) is 36.2 Å². The van der Waals surface area contributed by atoms with Gasteiger partial charge in [0.25, 0.3) is 11.9 Å². The molecule has 29 heavy (non-hydrogen) atoms. The van der Waals surface area contributed by atoms with Gasteiger partial charge in [-0.1, -0.05) is 30.7 Å². The number of rotatable bonds is 10. The number of carbonyl (C=O) groups is 1. The number of carbonyl (C=O) groups excluding carboxylic acids is 1. The van der Waals surface area contributed by atoms with E-state index in [4.69, 9.17) is 20.8 Å². The fourth-order valence-corrected chi connectivity index (χ4v) is 3.26. The van der Waals surface area contributed by atoms with Crippen molar-refractivity contribution in [3.63, 3.8) is 0 Å². The van der Waals surface area contributed by atoms with Crippen molar-refractivity contribution < 1.29 is 13.9 Å². The molecule has 1 N–H and O–H groups in total. The third-order valence-electron chi connectivity index (χ3n) is 4.46. The van der Waals surface area contributed by atoms with E-state index in [9.17, 15) is 4.79 Å². The second-order valence-electron chi connectivity index (χ2n) is 6.67. The number of ether oxygens (including phenoxy) is 1. The molecule has 6 nitrogen and oxygen atoms in total. The lowest BCUT2D eigenvalue weighted by atomic mass is 10.1. The molecule has 0 aliphatic carbocycles. The van der Waals surface area contributed by atoms with Crippen molar-refractivity contribution >= 4 is 34.6 Å². The summed E-state index contributed by atoms with van der Waals surface area (Å²) in [5.41, 5.74) is 2.90. The predicted molar refractivity (Wildman–Crippen MR) is 115 cm³/mol. The van der Waals surface area contributed by atoms with Gasteiger partial charge in [-0.2, -0.15) is 4.98 Å². The van der Waals surface area contributed by atoms with Gasteiger partial charge in [0.05, 0.1) is 6.61 Å². The molecule has 0 aliphatic rings. The first-order valence-corrected chi connectivity index (χ1v) is 10.2. The van der Waals surface area contributed by atoms with E-state index in [1.807, 2.05) is 36.1 Å². The Kier molecular flexibility index (Phi) is 7.49. The number of halogens is 1. The van der Waals surface area contributed by atoms with E-state index in [2.05, 4.69) is 17.2 Å². The molecule has 2 aromatic carbocycles. The van der Waals surface area contributed by atoms with E-state index in [1.54, 1.807) is 18.2 Å². The van der Waals surface area contributed by atoms with Crippen molar-refractivity contribution in [3.05, 3.63) is 58.6 Å². The SMILES string of the molecule is CCCN(CCOCC)C(=O)c1ccc2oc(NCc3cccc(Cl)c3)nc2c1. The van der Waals surface area contributed by atoms with E-state index in [0.29, 0.717) is 60.5 Å². The van der Waals surface area contributed by atoms with Gasteiger partial charge in [-0.05, 0) is 49.2 Å². The normalized spacial score (nSPS) is 11.0. The van der Waals surface area contributed by atoms with Crippen LogP contribution in [0.5, 0.6) is 0 Å². The first-order valence-electron chi connectivity index (χ1n) is 9.86. The Morgan fingerprint density at radius 3 is 2.83 bits per heavy atom. The highest BCUT2D eigenvalue weighted by Gasteiger charge is 2.17. The minimum atomic E-state index is -0.0233. The maximum absolute atomic E-state index is 12.9. The lowest BCUT2D eigenvalue weighted by Gasteiger charge is -2.22. The van der Waals surface area contributed by atoms with E-state index in [0.717, 1.165) is 12.0 Å². The predicted octanol–water partition coefficient (Wildman–Crippen LogP) is 4.98. The molecule has 154 valence electrons. The number of fused-ring (bicyclic) bond motifs is 1. The highest BCUT2D eigenvalue weighted by Crippen LogP contribution is 2.22. The second kappa shape index (κ2) is 10.3. The maximum Gasteiger partial charge on any atom is 0.295 e. The van der Waals surface area contributed by atoms with Gasteiger partial charge in [0.15, 0.2) is 5.58 Å². The van der Waals surface area contributed by atoms with Gasteiger partial charge in [-0.15, -0.1) is 0 Å². The van der Waals surface area contributed by atoms with Crippen LogP contribution in [-0.2, 0) is 11.3 Å². The summed E-state index contributed by atoms with van der Waals surface area (Å²) < 4.78 is 11.1. The van der Waals surface area contributed by atoms with Gasteiger partial charge >= 0.3 is 0 Å². The number of hydrogen-bond donors (Lipinski definition) is 1. The van der Waals surface area contributed by atoms with Crippen molar-refractivity contribution in [3.8, 4) is 0 Å². The maximum atomic E-state index is 12.9. The summed E-state index contributed by atoms with van der Waals surface area (Å²) in [7, 11) is 0. The lowest BCUT2D eigenvalue weighted by molar-refractivity contribution is 0.0658. The largest absolute Gasteiger partial charge is 0.424 e. The molecule has 0 unspecified atom stereocenters. The molecule has 0 atom stereocenters. The summed E-state index contributed by atoms with van der Waals surface area (Å²) in [5, 5.41) is 3.84. The number of amides is 1. The molecule has 0 saturated heterocycles. The average molecular weight is 416 g/mol. The monoisotopic (exact) mass is 415 g/mol. The molecule has 3 rings (SSSR count). The van der Waals surface area contributed by atoms with Gasteiger partial charge in [-0.3, -0.25) is 4.79 Å². The van der Waals surface area contributed by atoms with Crippen molar-refractivity contribution in [1.82, 2.24) is 9.88 Å². The van der Waals surface area contributed by atoms with Crippen LogP contribution in [0.2, 0.25) is 5.02 Å². The Labute approximate surface area is 175 Å². The van der Waals surface area contributed by atoms with E-state index >= 15 is 0 Å². The van der Waals surface area contributed by atoms with Gasteiger partial charge in [-0.25, -0.2) is 0 Å². The fraction of sp³-hybridized carbons (Fsp3) is 0.364. The molecule has 1 amide bonds. The summed E-state index contributed by atoms with van der Waals surface area (Å²) in [5.74, 6) is -0.0233. The van der Waals surface area contributed by atoms with Gasteiger partial charge in [0.2, 0.25) is 0 Å². The third-order valence-corrected chi connectivity index (χ3v) is 4.69. The zero-order valence-electron chi connectivity index (χ0n) is 16.8. The molecule has 7 heteroatoms. The van der Waals surface area contributed by atoms with Crippen LogP contribution in [0.4, 0.5) is 6.01 Å². The van der Waals surface area contributed by atoms with Crippen molar-refractivity contribution in [2.45, 2.75) is 26.8 Å². The Morgan fingerprint density at radius 1 is 1.21 bits per heavy atom. The number of benzene rings is 2. The summed E-state index contributed by atoms with van der Waals surface area (Å²) in [4.78, 5) is 19.2. The summed E-state index contributed by atoms with van der Waals surface area (Å²) in [6.07, 6.45) is 0.891. The van der Waals surface area contributed by atoms with Crippen LogP contribution in [0, 0.1) is 0 Å². The quantitative estimate of drug-likeness (QED) is 0.473. The van der Waals surface area contributed by atoms with Crippen LogP contribution < -0.4 is 5.32 Å². The molecule has 0 fully saturated rings. The molecular formula is C22H26ClN3O3. The molecule has 3 aromatic rings. The van der Waals surface area contributed by atoms with Crippen LogP contribution in [0.15, 0.2) is 46.9 Å². The Hall–Kier alpha value is -2.57. The summed E-state index contributed by atoms with van der Waals surface area (Å²) in [6.45, 7) is 6.98. The van der Waals surface area contributed by atoms with Crippen LogP contribution >= 0.6 is 11.6 Å². The topological polar surface area (TPSA) is 67.6 Å². The van der Waals surface area contributed by atoms with Crippen molar-refractivity contribution in [2.24, 2.45) is 0 Å². The van der Waals surface area contributed by atoms with E-state index in [1.165, 1.54) is 0 Å². The lowest BCUT2D eigenvalue weighted by Crippen LogP contribution is -2.34. The van der Waals surface area contributed by atoms with Crippen molar-refractivity contribution in [2.75, 3.05) is 31.6 Å². The van der Waals surface area contributed by atoms with E-state index in [-0.39, 0.29) is 5.91 Å². The van der Waals surface area contributed by atoms with Crippen LogP contribution in [-0.4, -0.2) is 42.1 Å². The van der Waals surface area contributed by atoms with Crippen LogP contribution in [0.3, 0.4) is 0 Å². The molecule has 0 spiro atoms. The number of nitrogens with one attached hydrogen (secondary N) is 1. The first-order chi connectivity index (χ1) is 14.1. The van der Waals surface area contributed by atoms with Crippen molar-refractivity contribution in [1.29, 1.82) is 0 Å². The molecular weight excluding hydrogens is 390 g/mol. The molecule has 0 aliphatic heterocycles. The molecule has 1 aromatic heterocycles. The Bertz CT molecular complexity index is 957. The zero-order valence-corrected chi connectivity index (χ0v) is 17.5. The Morgan fingerprint density at radius 2 is 2.07 bits per heavy atom. The molecule has 0 saturated carbocycles. The van der Waals surface area contributed by atoms with Gasteiger partial charge in [0, 0.05) is 36.8 Å². The summed E-state index contributed by atoms with van der Waals surface area (Å²) in [6, 6.07) is 13.3. The number of nitrogens with zero attached hydrogens (tertiary/aromatic N) is 2. The highest BCUT2D eigenvalue weighted by atomic mass is 35.5. The minimum absolute atomic E-state index is 0.0233. The van der Waals surface area contributed by atoms with Gasteiger partial charge < -0.3 is 19.4 Å². The number of anilines is 1. The molecule has 0 bridgehead atoms. The van der Waals surface area contributed by atoms with Gasteiger partial charge in [0.1, 0.15) is 5.52 Å². The fourth-order valence-electron chi connectivity index (χ4n) is 3.05. The molecule has 0 radical (unpaired) electrons. The molecule has 1 heterocycles. The smallest absolute Gasteiger partial charge is 0.295 e. The van der Waals surface area contributed by atoms with Crippen LogP contribution in [0.25, 0.3) is 11.1 Å². The number of aromatic nitrogens is 1. The van der Waals surface area contributed by atoms with E-state index < -0.39 is 0 Å².